The van der Waals surface area contributed by atoms with Crippen molar-refractivity contribution < 1.29 is 4.79 Å². The molecule has 1 N–H and O–H groups in total. The van der Waals surface area contributed by atoms with E-state index in [0.29, 0.717) is 41.7 Å². The van der Waals surface area contributed by atoms with Gasteiger partial charge in [0.05, 0.1) is 23.4 Å². The van der Waals surface area contributed by atoms with Crippen molar-refractivity contribution in [1.29, 1.82) is 5.26 Å². The smallest absolute Gasteiger partial charge is 0.178 e. The van der Waals surface area contributed by atoms with Gasteiger partial charge in [0.25, 0.3) is 0 Å². The third-order valence-corrected chi connectivity index (χ3v) is 5.40. The number of nitrogens with zero attached hydrogens (tertiary/aromatic N) is 6. The predicted octanol–water partition coefficient (Wildman–Crippen LogP) is 2.52. The molecule has 1 unspecified atom stereocenters. The number of aromatic nitrogens is 4. The Bertz CT molecular complexity index is 1060. The van der Waals surface area contributed by atoms with Crippen LogP contribution < -0.4 is 4.90 Å². The van der Waals surface area contributed by atoms with Crippen molar-refractivity contribution in [2.45, 2.75) is 19.4 Å². The van der Waals surface area contributed by atoms with Crippen molar-refractivity contribution in [3.05, 3.63) is 60.0 Å². The molecule has 1 aliphatic rings. The van der Waals surface area contributed by atoms with Gasteiger partial charge in [0.1, 0.15) is 5.69 Å². The number of carbonyl (C=O) groups is 1. The minimum absolute atomic E-state index is 0.0306. The van der Waals surface area contributed by atoms with E-state index in [9.17, 15) is 4.79 Å². The molecule has 0 radical (unpaired) electrons. The summed E-state index contributed by atoms with van der Waals surface area (Å²) in [5, 5.41) is 16.0. The SMILES string of the molecule is CC1CN(CCC(=O)c2cn[nH]c2-c2ncccn2)CCN1c1cccc(C#N)c1. The molecule has 1 saturated heterocycles. The van der Waals surface area contributed by atoms with E-state index in [1.807, 2.05) is 24.3 Å². The number of benzene rings is 1. The van der Waals surface area contributed by atoms with Crippen LogP contribution in [0.5, 0.6) is 0 Å². The molecule has 2 aromatic heterocycles. The van der Waals surface area contributed by atoms with Gasteiger partial charge in [-0.25, -0.2) is 9.97 Å². The van der Waals surface area contributed by atoms with Gasteiger partial charge in [0, 0.05) is 56.7 Å². The maximum atomic E-state index is 12.8. The fourth-order valence-electron chi connectivity index (χ4n) is 3.86. The van der Waals surface area contributed by atoms with E-state index in [1.165, 1.54) is 0 Å². The normalized spacial score (nSPS) is 16.9. The number of aromatic amines is 1. The minimum atomic E-state index is 0.0306. The van der Waals surface area contributed by atoms with E-state index in [0.717, 1.165) is 25.3 Å². The van der Waals surface area contributed by atoms with Gasteiger partial charge in [-0.2, -0.15) is 10.4 Å². The van der Waals surface area contributed by atoms with E-state index >= 15 is 0 Å². The number of nitriles is 1. The monoisotopic (exact) mass is 401 g/mol. The lowest BCUT2D eigenvalue weighted by Gasteiger charge is -2.41. The first kappa shape index (κ1) is 19.7. The maximum Gasteiger partial charge on any atom is 0.178 e. The van der Waals surface area contributed by atoms with Gasteiger partial charge in [0.2, 0.25) is 0 Å². The Kier molecular flexibility index (Phi) is 5.82. The summed E-state index contributed by atoms with van der Waals surface area (Å²) in [5.74, 6) is 0.503. The third kappa shape index (κ3) is 4.21. The van der Waals surface area contributed by atoms with E-state index in [4.69, 9.17) is 5.26 Å². The van der Waals surface area contributed by atoms with Crippen LogP contribution >= 0.6 is 0 Å². The van der Waals surface area contributed by atoms with Crippen LogP contribution in [0.1, 0.15) is 29.3 Å². The molecule has 3 aromatic rings. The van der Waals surface area contributed by atoms with E-state index in [1.54, 1.807) is 24.7 Å². The number of rotatable bonds is 6. The number of anilines is 1. The van der Waals surface area contributed by atoms with Gasteiger partial charge in [-0.05, 0) is 31.2 Å². The molecule has 152 valence electrons. The molecule has 1 aromatic carbocycles. The second-order valence-corrected chi connectivity index (χ2v) is 7.41. The van der Waals surface area contributed by atoms with Gasteiger partial charge in [-0.15, -0.1) is 0 Å². The molecule has 3 heterocycles. The highest BCUT2D eigenvalue weighted by Crippen LogP contribution is 2.22. The highest BCUT2D eigenvalue weighted by Gasteiger charge is 2.25. The van der Waals surface area contributed by atoms with Crippen molar-refractivity contribution in [2.24, 2.45) is 0 Å². The lowest BCUT2D eigenvalue weighted by Crippen LogP contribution is -2.52. The summed E-state index contributed by atoms with van der Waals surface area (Å²) < 4.78 is 0. The molecule has 8 nitrogen and oxygen atoms in total. The Labute approximate surface area is 175 Å². The highest BCUT2D eigenvalue weighted by molar-refractivity contribution is 6.00. The van der Waals surface area contributed by atoms with Gasteiger partial charge in [-0.1, -0.05) is 6.07 Å². The van der Waals surface area contributed by atoms with Crippen molar-refractivity contribution in [3.8, 4) is 17.6 Å². The van der Waals surface area contributed by atoms with E-state index in [2.05, 4.69) is 43.0 Å². The second kappa shape index (κ2) is 8.84. The van der Waals surface area contributed by atoms with Crippen LogP contribution in [0.2, 0.25) is 0 Å². The van der Waals surface area contributed by atoms with Gasteiger partial charge in [-0.3, -0.25) is 14.8 Å². The van der Waals surface area contributed by atoms with Crippen molar-refractivity contribution in [1.82, 2.24) is 25.1 Å². The average Bonchev–Trinajstić information content (AvgIpc) is 3.28. The largest absolute Gasteiger partial charge is 0.366 e. The number of hydrogen-bond acceptors (Lipinski definition) is 7. The first-order valence-corrected chi connectivity index (χ1v) is 9.99. The van der Waals surface area contributed by atoms with Crippen LogP contribution in [0.25, 0.3) is 11.5 Å². The topological polar surface area (TPSA) is 102 Å². The molecule has 1 atom stereocenters. The minimum Gasteiger partial charge on any atom is -0.366 e. The Morgan fingerprint density at radius 3 is 2.87 bits per heavy atom. The molecular formula is C22H23N7O. The summed E-state index contributed by atoms with van der Waals surface area (Å²) in [7, 11) is 0. The van der Waals surface area contributed by atoms with Gasteiger partial charge >= 0.3 is 0 Å². The van der Waals surface area contributed by atoms with Crippen molar-refractivity contribution in [2.75, 3.05) is 31.1 Å². The zero-order valence-electron chi connectivity index (χ0n) is 16.8. The average molecular weight is 401 g/mol. The quantitative estimate of drug-likeness (QED) is 0.633. The molecule has 4 rings (SSSR count). The number of nitrogens with one attached hydrogen (secondary N) is 1. The first-order chi connectivity index (χ1) is 14.7. The first-order valence-electron chi connectivity index (χ1n) is 9.99. The Morgan fingerprint density at radius 2 is 2.10 bits per heavy atom. The number of carbonyl (C=O) groups excluding carboxylic acids is 1. The lowest BCUT2D eigenvalue weighted by atomic mass is 10.1. The van der Waals surface area contributed by atoms with Gasteiger partial charge in [0.15, 0.2) is 11.6 Å². The van der Waals surface area contributed by atoms with Crippen LogP contribution in [0, 0.1) is 11.3 Å². The van der Waals surface area contributed by atoms with Crippen LogP contribution in [-0.2, 0) is 0 Å². The fraction of sp³-hybridized carbons (Fsp3) is 0.318. The van der Waals surface area contributed by atoms with Crippen molar-refractivity contribution in [3.63, 3.8) is 0 Å². The molecule has 0 aliphatic carbocycles. The van der Waals surface area contributed by atoms with Gasteiger partial charge < -0.3 is 4.90 Å². The predicted molar refractivity (Wildman–Crippen MR) is 113 cm³/mol. The summed E-state index contributed by atoms with van der Waals surface area (Å²) >= 11 is 0. The number of Topliss-reactive ketones (excluding diaryl/α,β-unsaturated/α-hetero) is 1. The lowest BCUT2D eigenvalue weighted by molar-refractivity contribution is 0.0959. The van der Waals surface area contributed by atoms with Crippen LogP contribution in [0.4, 0.5) is 5.69 Å². The second-order valence-electron chi connectivity index (χ2n) is 7.41. The standard InChI is InChI=1S/C22H23N7O/c1-16-15-28(10-11-29(16)18-5-2-4-17(12-18)13-23)9-6-20(30)19-14-26-27-21(19)22-24-7-3-8-25-22/h2-5,7-8,12,14,16H,6,9-11,15H2,1H3,(H,26,27). The molecule has 0 spiro atoms. The zero-order chi connectivity index (χ0) is 20.9. The summed E-state index contributed by atoms with van der Waals surface area (Å²) in [6, 6.07) is 12.0. The number of ketones is 1. The Morgan fingerprint density at radius 1 is 1.27 bits per heavy atom. The van der Waals surface area contributed by atoms with Crippen LogP contribution in [0.3, 0.4) is 0 Å². The molecule has 1 fully saturated rings. The molecule has 1 aliphatic heterocycles. The molecule has 0 saturated carbocycles. The Hall–Kier alpha value is -3.57. The summed E-state index contributed by atoms with van der Waals surface area (Å²) in [5.41, 5.74) is 2.84. The number of H-pyrrole nitrogens is 1. The number of hydrogen-bond donors (Lipinski definition) is 1. The summed E-state index contributed by atoms with van der Waals surface area (Å²) in [6.07, 6.45) is 5.25. The van der Waals surface area contributed by atoms with Crippen LogP contribution in [0.15, 0.2) is 48.9 Å². The zero-order valence-corrected chi connectivity index (χ0v) is 16.8. The number of piperazine rings is 1. The van der Waals surface area contributed by atoms with E-state index in [-0.39, 0.29) is 5.78 Å². The van der Waals surface area contributed by atoms with Crippen molar-refractivity contribution >= 4 is 11.5 Å². The van der Waals surface area contributed by atoms with Crippen LogP contribution in [-0.4, -0.2) is 63.1 Å². The summed E-state index contributed by atoms with van der Waals surface area (Å²) in [4.78, 5) is 25.8. The highest BCUT2D eigenvalue weighted by atomic mass is 16.1. The third-order valence-electron chi connectivity index (χ3n) is 5.40. The summed E-state index contributed by atoms with van der Waals surface area (Å²) in [6.45, 7) is 5.46. The molecular weight excluding hydrogens is 378 g/mol. The van der Waals surface area contributed by atoms with E-state index < -0.39 is 0 Å². The molecule has 0 bridgehead atoms. The maximum absolute atomic E-state index is 12.8. The molecule has 8 heteroatoms. The fourth-order valence-corrected chi connectivity index (χ4v) is 3.86. The molecule has 30 heavy (non-hydrogen) atoms. The molecule has 0 amide bonds. The Balaban J connectivity index is 1.35.